The van der Waals surface area contributed by atoms with Crippen molar-refractivity contribution < 1.29 is 9.47 Å². The van der Waals surface area contributed by atoms with Crippen molar-refractivity contribution in [2.75, 3.05) is 13.2 Å². The Kier molecular flexibility index (Phi) is 5.20. The molecule has 0 fully saturated rings. The highest BCUT2D eigenvalue weighted by Crippen LogP contribution is 2.27. The number of nitrogens with two attached hydrogens (primary N) is 1. The maximum atomic E-state index is 6.07. The topological polar surface area (TPSA) is 57.4 Å². The molecule has 5 heteroatoms. The monoisotopic (exact) mass is 306 g/mol. The molecule has 2 rings (SSSR count). The maximum Gasteiger partial charge on any atom is 0.161 e. The summed E-state index contributed by atoms with van der Waals surface area (Å²) in [4.78, 5) is 5.49. The lowest BCUT2D eigenvalue weighted by molar-refractivity contribution is 0.279. The van der Waals surface area contributed by atoms with Crippen molar-refractivity contribution in [2.45, 2.75) is 32.7 Å². The van der Waals surface area contributed by atoms with Crippen molar-refractivity contribution in [1.29, 1.82) is 0 Å². The first-order valence-corrected chi connectivity index (χ1v) is 7.91. The molecule has 114 valence electrons. The number of para-hydroxylation sites is 2. The fourth-order valence-electron chi connectivity index (χ4n) is 1.82. The summed E-state index contributed by atoms with van der Waals surface area (Å²) in [5, 5.41) is 1.04. The second kappa shape index (κ2) is 6.91. The highest BCUT2D eigenvalue weighted by atomic mass is 32.1. The highest BCUT2D eigenvalue weighted by Gasteiger charge is 2.17. The van der Waals surface area contributed by atoms with Gasteiger partial charge in [-0.1, -0.05) is 12.1 Å². The summed E-state index contributed by atoms with van der Waals surface area (Å²) in [5.41, 5.74) is 5.73. The largest absolute Gasteiger partial charge is 0.490 e. The second-order valence-electron chi connectivity index (χ2n) is 5.32. The summed E-state index contributed by atoms with van der Waals surface area (Å²) in [6.07, 6.45) is 2.62. The van der Waals surface area contributed by atoms with Crippen LogP contribution in [-0.4, -0.2) is 18.2 Å². The normalized spacial score (nSPS) is 11.4. The summed E-state index contributed by atoms with van der Waals surface area (Å²) < 4.78 is 11.3. The molecule has 1 heterocycles. The van der Waals surface area contributed by atoms with Crippen molar-refractivity contribution >= 4 is 11.3 Å². The maximum absolute atomic E-state index is 6.07. The Morgan fingerprint density at radius 1 is 1.19 bits per heavy atom. The third-order valence-electron chi connectivity index (χ3n) is 2.91. The van der Waals surface area contributed by atoms with Crippen LogP contribution in [0.1, 0.15) is 30.7 Å². The fraction of sp³-hybridized carbons (Fsp3) is 0.438. The number of aromatic nitrogens is 1. The van der Waals surface area contributed by atoms with Crippen molar-refractivity contribution in [3.63, 3.8) is 0 Å². The van der Waals surface area contributed by atoms with Gasteiger partial charge < -0.3 is 15.2 Å². The lowest BCUT2D eigenvalue weighted by Gasteiger charge is -2.14. The molecule has 0 atom stereocenters. The number of hydrogen-bond acceptors (Lipinski definition) is 5. The standard InChI is InChI=1S/C16H22N2O2S/c1-4-19-12-7-5-6-8-13(12)20-10-9-15-18-11-14(21-15)16(2,3)17/h5-8,11H,4,9-10,17H2,1-3H3. The lowest BCUT2D eigenvalue weighted by atomic mass is 10.1. The van der Waals surface area contributed by atoms with Crippen LogP contribution in [0.2, 0.25) is 0 Å². The Hall–Kier alpha value is -1.59. The minimum absolute atomic E-state index is 0.335. The number of rotatable bonds is 7. The van der Waals surface area contributed by atoms with E-state index in [4.69, 9.17) is 15.2 Å². The summed E-state index contributed by atoms with van der Waals surface area (Å²) in [6.45, 7) is 7.13. The van der Waals surface area contributed by atoms with Crippen LogP contribution in [0.25, 0.3) is 0 Å². The van der Waals surface area contributed by atoms with Gasteiger partial charge in [0, 0.05) is 23.0 Å². The molecule has 1 aromatic carbocycles. The molecule has 1 aromatic heterocycles. The average Bonchev–Trinajstić information content (AvgIpc) is 2.90. The van der Waals surface area contributed by atoms with Crippen LogP contribution in [0.3, 0.4) is 0 Å². The number of hydrogen-bond donors (Lipinski definition) is 1. The SMILES string of the molecule is CCOc1ccccc1OCCc1ncc(C(C)(C)N)s1. The van der Waals surface area contributed by atoms with Crippen molar-refractivity contribution in [2.24, 2.45) is 5.73 Å². The first-order valence-electron chi connectivity index (χ1n) is 7.09. The third kappa shape index (κ3) is 4.44. The van der Waals surface area contributed by atoms with Gasteiger partial charge in [-0.05, 0) is 32.9 Å². The zero-order valence-corrected chi connectivity index (χ0v) is 13.6. The summed E-state index contributed by atoms with van der Waals surface area (Å²) in [7, 11) is 0. The van der Waals surface area contributed by atoms with E-state index in [0.717, 1.165) is 27.8 Å². The lowest BCUT2D eigenvalue weighted by Crippen LogP contribution is -2.27. The molecule has 0 aliphatic rings. The Bertz CT molecular complexity index is 576. The Morgan fingerprint density at radius 3 is 2.43 bits per heavy atom. The van der Waals surface area contributed by atoms with Crippen LogP contribution < -0.4 is 15.2 Å². The minimum Gasteiger partial charge on any atom is -0.490 e. The summed E-state index contributed by atoms with van der Waals surface area (Å²) in [5.74, 6) is 1.55. The van der Waals surface area contributed by atoms with Gasteiger partial charge in [-0.2, -0.15) is 0 Å². The third-order valence-corrected chi connectivity index (χ3v) is 4.31. The van der Waals surface area contributed by atoms with E-state index in [2.05, 4.69) is 4.98 Å². The number of thiazole rings is 1. The molecular formula is C16H22N2O2S. The molecule has 0 spiro atoms. The van der Waals surface area contributed by atoms with Gasteiger partial charge in [-0.25, -0.2) is 4.98 Å². The minimum atomic E-state index is -0.335. The van der Waals surface area contributed by atoms with Crippen molar-refractivity contribution in [3.8, 4) is 11.5 Å². The smallest absolute Gasteiger partial charge is 0.161 e. The molecule has 2 aromatic rings. The van der Waals surface area contributed by atoms with E-state index in [1.165, 1.54) is 0 Å². The molecule has 0 saturated heterocycles. The molecule has 2 N–H and O–H groups in total. The fourth-order valence-corrected chi connectivity index (χ4v) is 2.73. The van der Waals surface area contributed by atoms with Crippen molar-refractivity contribution in [3.05, 3.63) is 40.3 Å². The van der Waals surface area contributed by atoms with Crippen molar-refractivity contribution in [1.82, 2.24) is 4.98 Å². The van der Waals surface area contributed by atoms with Crippen LogP contribution in [0.15, 0.2) is 30.5 Å². The van der Waals surface area contributed by atoms with E-state index in [1.807, 2.05) is 51.2 Å². The van der Waals surface area contributed by atoms with Gasteiger partial charge in [0.05, 0.1) is 18.2 Å². The first kappa shape index (κ1) is 15.8. The Balaban J connectivity index is 1.91. The molecular weight excluding hydrogens is 284 g/mol. The zero-order valence-electron chi connectivity index (χ0n) is 12.8. The first-order chi connectivity index (χ1) is 10.0. The van der Waals surface area contributed by atoms with Gasteiger partial charge in [0.25, 0.3) is 0 Å². The quantitative estimate of drug-likeness (QED) is 0.852. The molecule has 0 bridgehead atoms. The molecule has 0 aliphatic carbocycles. The van der Waals surface area contributed by atoms with E-state index in [-0.39, 0.29) is 5.54 Å². The predicted molar refractivity (Wildman–Crippen MR) is 86.1 cm³/mol. The molecule has 0 aliphatic heterocycles. The molecule has 21 heavy (non-hydrogen) atoms. The highest BCUT2D eigenvalue weighted by molar-refractivity contribution is 7.11. The van der Waals surface area contributed by atoms with Gasteiger partial charge in [0.2, 0.25) is 0 Å². The molecule has 0 amide bonds. The molecule has 4 nitrogen and oxygen atoms in total. The average molecular weight is 306 g/mol. The molecule has 0 radical (unpaired) electrons. The van der Waals surface area contributed by atoms with Crippen LogP contribution >= 0.6 is 11.3 Å². The summed E-state index contributed by atoms with van der Waals surface area (Å²) >= 11 is 1.64. The van der Waals surface area contributed by atoms with E-state index in [0.29, 0.717) is 13.2 Å². The van der Waals surface area contributed by atoms with Gasteiger partial charge in [-0.3, -0.25) is 0 Å². The van der Waals surface area contributed by atoms with E-state index in [9.17, 15) is 0 Å². The van der Waals surface area contributed by atoms with E-state index in [1.54, 1.807) is 11.3 Å². The molecule has 0 saturated carbocycles. The van der Waals surface area contributed by atoms with Gasteiger partial charge in [-0.15, -0.1) is 11.3 Å². The Labute approximate surface area is 129 Å². The summed E-state index contributed by atoms with van der Waals surface area (Å²) in [6, 6.07) is 7.71. The van der Waals surface area contributed by atoms with E-state index < -0.39 is 0 Å². The number of ether oxygens (including phenoxy) is 2. The van der Waals surface area contributed by atoms with Crippen LogP contribution in [-0.2, 0) is 12.0 Å². The second-order valence-corrected chi connectivity index (χ2v) is 6.43. The van der Waals surface area contributed by atoms with E-state index >= 15 is 0 Å². The van der Waals surface area contributed by atoms with Gasteiger partial charge in [0.15, 0.2) is 11.5 Å². The predicted octanol–water partition coefficient (Wildman–Crippen LogP) is 3.36. The molecule has 0 unspecified atom stereocenters. The van der Waals surface area contributed by atoms with Crippen LogP contribution in [0.4, 0.5) is 0 Å². The van der Waals surface area contributed by atoms with Gasteiger partial charge >= 0.3 is 0 Å². The Morgan fingerprint density at radius 2 is 1.86 bits per heavy atom. The van der Waals surface area contributed by atoms with Crippen LogP contribution in [0, 0.1) is 0 Å². The van der Waals surface area contributed by atoms with Gasteiger partial charge in [0.1, 0.15) is 0 Å². The number of benzene rings is 1. The van der Waals surface area contributed by atoms with Crippen LogP contribution in [0.5, 0.6) is 11.5 Å². The number of nitrogens with zero attached hydrogens (tertiary/aromatic N) is 1. The zero-order chi connectivity index (χ0) is 15.3.